The number of amides is 1. The van der Waals surface area contributed by atoms with Gasteiger partial charge in [0, 0.05) is 12.1 Å². The molecular weight excluding hydrogens is 414 g/mol. The number of ether oxygens (including phenoxy) is 4. The summed E-state index contributed by atoms with van der Waals surface area (Å²) < 4.78 is 22.8. The summed E-state index contributed by atoms with van der Waals surface area (Å²) in [4.78, 5) is 15.2. The molecule has 0 saturated carbocycles. The highest BCUT2D eigenvalue weighted by Crippen LogP contribution is 2.49. The number of hydrogen-bond acceptors (Lipinski definition) is 5. The molecule has 2 aromatic rings. The van der Waals surface area contributed by atoms with E-state index in [1.807, 2.05) is 23.1 Å². The first-order valence-electron chi connectivity index (χ1n) is 8.79. The number of fused-ring (bicyclic) bond motifs is 5. The second kappa shape index (κ2) is 6.05. The van der Waals surface area contributed by atoms with Crippen LogP contribution in [-0.4, -0.2) is 38.4 Å². The zero-order valence-corrected chi connectivity index (χ0v) is 16.6. The zero-order valence-electron chi connectivity index (χ0n) is 15.0. The van der Waals surface area contributed by atoms with Crippen LogP contribution in [0.15, 0.2) is 22.7 Å². The van der Waals surface area contributed by atoms with E-state index in [1.165, 1.54) is 5.56 Å². The highest BCUT2D eigenvalue weighted by molar-refractivity contribution is 9.10. The van der Waals surface area contributed by atoms with Crippen molar-refractivity contribution in [1.29, 1.82) is 0 Å². The van der Waals surface area contributed by atoms with E-state index >= 15 is 0 Å². The van der Waals surface area contributed by atoms with Crippen molar-refractivity contribution in [3.05, 3.63) is 44.9 Å². The highest BCUT2D eigenvalue weighted by Gasteiger charge is 2.40. The lowest BCUT2D eigenvalue weighted by atomic mass is 9.83. The summed E-state index contributed by atoms with van der Waals surface area (Å²) in [5, 5.41) is 0. The molecule has 27 heavy (non-hydrogen) atoms. The Kier molecular flexibility index (Phi) is 3.75. The SMILES string of the molecule is COc1cc2c(cc1OC)[C@@H]1Cc3c(cc4c(c3Br)OCO4)C(=O)N1CC2. The monoisotopic (exact) mass is 431 g/mol. The van der Waals surface area contributed by atoms with E-state index in [1.54, 1.807) is 14.2 Å². The molecule has 1 atom stereocenters. The molecule has 140 valence electrons. The van der Waals surface area contributed by atoms with Gasteiger partial charge in [-0.2, -0.15) is 0 Å². The van der Waals surface area contributed by atoms with Gasteiger partial charge >= 0.3 is 0 Å². The number of nitrogens with zero attached hydrogens (tertiary/aromatic N) is 1. The Morgan fingerprint density at radius 2 is 1.93 bits per heavy atom. The van der Waals surface area contributed by atoms with E-state index in [-0.39, 0.29) is 18.7 Å². The van der Waals surface area contributed by atoms with Gasteiger partial charge < -0.3 is 23.8 Å². The molecule has 0 unspecified atom stereocenters. The molecule has 3 heterocycles. The smallest absolute Gasteiger partial charge is 0.254 e. The summed E-state index contributed by atoms with van der Waals surface area (Å²) in [6.07, 6.45) is 1.50. The number of carbonyl (C=O) groups excluding carboxylic acids is 1. The minimum atomic E-state index is -0.0368. The van der Waals surface area contributed by atoms with Gasteiger partial charge in [-0.15, -0.1) is 0 Å². The van der Waals surface area contributed by atoms with Gasteiger partial charge in [0.15, 0.2) is 23.0 Å². The standard InChI is InChI=1S/C20H18BrNO5/c1-24-15-5-10-3-4-22-14(11(10)7-16(15)25-2)6-12-13(20(22)23)8-17-19(18(12)21)27-9-26-17/h5,7-8,14H,3-4,6,9H2,1-2H3/t14-/m0/s1. The maximum atomic E-state index is 13.2. The minimum Gasteiger partial charge on any atom is -0.493 e. The lowest BCUT2D eigenvalue weighted by molar-refractivity contribution is 0.0630. The van der Waals surface area contributed by atoms with Gasteiger partial charge in [-0.1, -0.05) is 0 Å². The Hall–Kier alpha value is -2.41. The average molecular weight is 432 g/mol. The van der Waals surface area contributed by atoms with Crippen LogP contribution in [-0.2, 0) is 12.8 Å². The second-order valence-corrected chi connectivity index (χ2v) is 7.62. The lowest BCUT2D eigenvalue weighted by Gasteiger charge is -2.41. The van der Waals surface area contributed by atoms with Crippen LogP contribution in [0.25, 0.3) is 0 Å². The van der Waals surface area contributed by atoms with Gasteiger partial charge in [0.1, 0.15) is 0 Å². The van der Waals surface area contributed by atoms with Crippen LogP contribution in [0.4, 0.5) is 0 Å². The third kappa shape index (κ3) is 2.34. The minimum absolute atomic E-state index is 0.0284. The molecule has 0 N–H and O–H groups in total. The fourth-order valence-corrected chi connectivity index (χ4v) is 4.96. The fourth-order valence-electron chi connectivity index (χ4n) is 4.27. The highest BCUT2D eigenvalue weighted by atomic mass is 79.9. The van der Waals surface area contributed by atoms with E-state index in [0.717, 1.165) is 27.8 Å². The maximum absolute atomic E-state index is 13.2. The Morgan fingerprint density at radius 1 is 1.15 bits per heavy atom. The molecule has 6 nitrogen and oxygen atoms in total. The Morgan fingerprint density at radius 3 is 2.70 bits per heavy atom. The van der Waals surface area contributed by atoms with E-state index in [2.05, 4.69) is 15.9 Å². The Labute approximate surface area is 165 Å². The summed E-state index contributed by atoms with van der Waals surface area (Å²) in [6, 6.07) is 5.81. The number of methoxy groups -OCH3 is 2. The first kappa shape index (κ1) is 16.7. The predicted octanol–water partition coefficient (Wildman–Crippen LogP) is 3.49. The second-order valence-electron chi connectivity index (χ2n) is 6.82. The molecule has 7 heteroatoms. The summed E-state index contributed by atoms with van der Waals surface area (Å²) in [5.74, 6) is 2.73. The van der Waals surface area contributed by atoms with Crippen LogP contribution < -0.4 is 18.9 Å². The van der Waals surface area contributed by atoms with Crippen molar-refractivity contribution in [3.63, 3.8) is 0 Å². The zero-order chi connectivity index (χ0) is 18.7. The van der Waals surface area contributed by atoms with Gasteiger partial charge in [0.05, 0.1) is 24.7 Å². The van der Waals surface area contributed by atoms with E-state index in [0.29, 0.717) is 35.8 Å². The van der Waals surface area contributed by atoms with Crippen molar-refractivity contribution < 1.29 is 23.7 Å². The molecule has 2 aromatic carbocycles. The van der Waals surface area contributed by atoms with E-state index in [9.17, 15) is 4.79 Å². The summed E-state index contributed by atoms with van der Waals surface area (Å²) >= 11 is 3.63. The Balaban J connectivity index is 1.64. The van der Waals surface area contributed by atoms with Crippen LogP contribution in [0.3, 0.4) is 0 Å². The van der Waals surface area contributed by atoms with E-state index in [4.69, 9.17) is 18.9 Å². The molecule has 0 aliphatic carbocycles. The van der Waals surface area contributed by atoms with Gasteiger partial charge in [0.2, 0.25) is 6.79 Å². The number of carbonyl (C=O) groups is 1. The van der Waals surface area contributed by atoms with Gasteiger partial charge in [0.25, 0.3) is 5.91 Å². The van der Waals surface area contributed by atoms with Crippen molar-refractivity contribution in [2.24, 2.45) is 0 Å². The van der Waals surface area contributed by atoms with Crippen LogP contribution in [0.2, 0.25) is 0 Å². The molecule has 3 aliphatic heterocycles. The Bertz CT molecular complexity index is 974. The van der Waals surface area contributed by atoms with Crippen molar-refractivity contribution in [1.82, 2.24) is 4.90 Å². The molecule has 0 saturated heterocycles. The van der Waals surface area contributed by atoms with Crippen molar-refractivity contribution in [2.45, 2.75) is 18.9 Å². The van der Waals surface area contributed by atoms with E-state index < -0.39 is 0 Å². The lowest BCUT2D eigenvalue weighted by Crippen LogP contribution is -2.44. The third-order valence-corrected chi connectivity index (χ3v) is 6.44. The van der Waals surface area contributed by atoms with Crippen LogP contribution in [0.1, 0.15) is 33.1 Å². The third-order valence-electron chi connectivity index (χ3n) is 5.60. The fraction of sp³-hybridized carbons (Fsp3) is 0.350. The molecule has 5 rings (SSSR count). The van der Waals surface area contributed by atoms with Crippen LogP contribution in [0, 0.1) is 0 Å². The topological polar surface area (TPSA) is 57.2 Å². The first-order valence-corrected chi connectivity index (χ1v) is 9.58. The van der Waals surface area contributed by atoms with Crippen molar-refractivity contribution in [3.8, 4) is 23.0 Å². The van der Waals surface area contributed by atoms with Crippen molar-refractivity contribution in [2.75, 3.05) is 27.6 Å². The first-order chi connectivity index (χ1) is 13.1. The molecule has 0 bridgehead atoms. The molecular formula is C20H18BrNO5. The molecule has 1 amide bonds. The van der Waals surface area contributed by atoms with Gasteiger partial charge in [-0.05, 0) is 63.7 Å². The van der Waals surface area contributed by atoms with Crippen LogP contribution in [0.5, 0.6) is 23.0 Å². The van der Waals surface area contributed by atoms with Gasteiger partial charge in [-0.3, -0.25) is 4.79 Å². The molecule has 0 spiro atoms. The van der Waals surface area contributed by atoms with Gasteiger partial charge in [-0.25, -0.2) is 0 Å². The maximum Gasteiger partial charge on any atom is 0.254 e. The molecule has 3 aliphatic rings. The quantitative estimate of drug-likeness (QED) is 0.728. The summed E-state index contributed by atoms with van der Waals surface area (Å²) in [5.41, 5.74) is 3.96. The predicted molar refractivity (Wildman–Crippen MR) is 101 cm³/mol. The number of hydrogen-bond donors (Lipinski definition) is 0. The molecule has 0 radical (unpaired) electrons. The number of benzene rings is 2. The summed E-state index contributed by atoms with van der Waals surface area (Å²) in [7, 11) is 3.27. The van der Waals surface area contributed by atoms with Crippen LogP contribution >= 0.6 is 15.9 Å². The largest absolute Gasteiger partial charge is 0.493 e. The van der Waals surface area contributed by atoms with Crippen molar-refractivity contribution >= 4 is 21.8 Å². The number of rotatable bonds is 2. The molecule has 0 aromatic heterocycles. The number of halogens is 1. The molecule has 0 fully saturated rings. The average Bonchev–Trinajstić information content (AvgIpc) is 3.17. The normalized spacial score (nSPS) is 19.3. The summed E-state index contributed by atoms with van der Waals surface area (Å²) in [6.45, 7) is 0.857.